The van der Waals surface area contributed by atoms with Gasteiger partial charge in [0.15, 0.2) is 6.10 Å². The van der Waals surface area contributed by atoms with E-state index in [4.69, 9.17) is 11.6 Å². The highest BCUT2D eigenvalue weighted by Crippen LogP contribution is 2.19. The lowest BCUT2D eigenvalue weighted by Crippen LogP contribution is -2.46. The summed E-state index contributed by atoms with van der Waals surface area (Å²) in [5, 5.41) is 21.4. The zero-order valence-electron chi connectivity index (χ0n) is 8.73. The van der Waals surface area contributed by atoms with Crippen LogP contribution in [-0.2, 0) is 13.0 Å². The van der Waals surface area contributed by atoms with Gasteiger partial charge in [-0.1, -0.05) is 0 Å². The zero-order valence-corrected chi connectivity index (χ0v) is 9.48. The lowest BCUT2D eigenvalue weighted by Gasteiger charge is -2.21. The minimum Gasteiger partial charge on any atom is -0.711 e. The number of hydrogen-bond donors (Lipinski definition) is 1. The average molecular weight is 245 g/mol. The molecule has 1 aromatic heterocycles. The first-order valence-electron chi connectivity index (χ1n) is 5.25. The second kappa shape index (κ2) is 4.43. The topological polar surface area (TPSA) is 69.2 Å². The Kier molecular flexibility index (Phi) is 3.16. The number of aliphatic hydroxyl groups excluding tert-OH is 1. The molecule has 0 bridgehead atoms. The molecule has 1 N–H and O–H groups in total. The van der Waals surface area contributed by atoms with E-state index < -0.39 is 6.10 Å². The van der Waals surface area contributed by atoms with Gasteiger partial charge in [-0.25, -0.2) is 9.52 Å². The Bertz CT molecular complexity index is 458. The first kappa shape index (κ1) is 11.4. The van der Waals surface area contributed by atoms with Gasteiger partial charge in [-0.2, -0.15) is 4.57 Å². The van der Waals surface area contributed by atoms with Crippen molar-refractivity contribution < 1.29 is 9.84 Å². The van der Waals surface area contributed by atoms with Gasteiger partial charge in [-0.3, -0.25) is 0 Å². The van der Waals surface area contributed by atoms with Crippen LogP contribution in [0.1, 0.15) is 30.3 Å². The van der Waals surface area contributed by atoms with Crippen molar-refractivity contribution in [2.75, 3.05) is 5.88 Å². The van der Waals surface area contributed by atoms with Gasteiger partial charge in [0.05, 0.1) is 12.1 Å². The SMILES string of the molecule is O=c1c(CCCl)c[n+]([O-])c2n1CCCC2O. The van der Waals surface area contributed by atoms with Crippen LogP contribution in [0.3, 0.4) is 0 Å². The van der Waals surface area contributed by atoms with Crippen LogP contribution in [0.5, 0.6) is 0 Å². The molecular weight excluding hydrogens is 232 g/mol. The fourth-order valence-electron chi connectivity index (χ4n) is 2.05. The molecule has 5 nitrogen and oxygen atoms in total. The van der Waals surface area contributed by atoms with Crippen molar-refractivity contribution in [2.45, 2.75) is 31.9 Å². The Morgan fingerprint density at radius 1 is 1.69 bits per heavy atom. The minimum atomic E-state index is -0.844. The molecule has 0 radical (unpaired) electrons. The number of fused-ring (bicyclic) bond motifs is 1. The summed E-state index contributed by atoms with van der Waals surface area (Å²) < 4.78 is 1.95. The monoisotopic (exact) mass is 244 g/mol. The zero-order chi connectivity index (χ0) is 11.7. The van der Waals surface area contributed by atoms with E-state index in [2.05, 4.69) is 0 Å². The van der Waals surface area contributed by atoms with Gasteiger partial charge in [0, 0.05) is 5.88 Å². The van der Waals surface area contributed by atoms with Crippen LogP contribution in [0.25, 0.3) is 0 Å². The quantitative estimate of drug-likeness (QED) is 0.455. The van der Waals surface area contributed by atoms with Crippen molar-refractivity contribution >= 4 is 11.6 Å². The molecule has 2 rings (SSSR count). The number of alkyl halides is 1. The third kappa shape index (κ3) is 1.81. The number of aliphatic hydroxyl groups is 1. The van der Waals surface area contributed by atoms with E-state index in [0.29, 0.717) is 42.0 Å². The summed E-state index contributed by atoms with van der Waals surface area (Å²) in [6, 6.07) is 0. The van der Waals surface area contributed by atoms with Gasteiger partial charge < -0.3 is 10.3 Å². The minimum absolute atomic E-state index is 0.148. The number of aromatic nitrogens is 2. The summed E-state index contributed by atoms with van der Waals surface area (Å²) in [6.07, 6.45) is 1.99. The fraction of sp³-hybridized carbons (Fsp3) is 0.600. The van der Waals surface area contributed by atoms with Crippen molar-refractivity contribution in [2.24, 2.45) is 0 Å². The van der Waals surface area contributed by atoms with Crippen LogP contribution in [0.2, 0.25) is 0 Å². The molecule has 0 amide bonds. The molecule has 2 heterocycles. The van der Waals surface area contributed by atoms with Crippen LogP contribution in [-0.4, -0.2) is 15.6 Å². The van der Waals surface area contributed by atoms with Gasteiger partial charge >= 0.3 is 5.56 Å². The molecular formula is C10H13ClN2O3. The molecule has 0 saturated carbocycles. The van der Waals surface area contributed by atoms with Crippen molar-refractivity contribution in [1.82, 2.24) is 4.57 Å². The van der Waals surface area contributed by atoms with E-state index in [9.17, 15) is 15.1 Å². The first-order valence-corrected chi connectivity index (χ1v) is 5.78. The maximum Gasteiger partial charge on any atom is 0.340 e. The predicted molar refractivity (Wildman–Crippen MR) is 58.3 cm³/mol. The summed E-state index contributed by atoms with van der Waals surface area (Å²) in [6.45, 7) is 0.490. The molecule has 0 aliphatic carbocycles. The molecule has 0 saturated heterocycles. The average Bonchev–Trinajstić information content (AvgIpc) is 2.25. The maximum absolute atomic E-state index is 11.9. The van der Waals surface area contributed by atoms with Gasteiger partial charge in [0.1, 0.15) is 6.20 Å². The lowest BCUT2D eigenvalue weighted by atomic mass is 10.1. The Labute approximate surface area is 97.5 Å². The number of rotatable bonds is 2. The van der Waals surface area contributed by atoms with Crippen LogP contribution in [0.4, 0.5) is 0 Å². The summed E-state index contributed by atoms with van der Waals surface area (Å²) >= 11 is 5.56. The van der Waals surface area contributed by atoms with Crippen molar-refractivity contribution in [3.63, 3.8) is 0 Å². The molecule has 1 aromatic rings. The molecule has 0 fully saturated rings. The Morgan fingerprint density at radius 3 is 3.12 bits per heavy atom. The third-order valence-corrected chi connectivity index (χ3v) is 3.01. The summed E-state index contributed by atoms with van der Waals surface area (Å²) in [7, 11) is 0. The number of aryl methyl sites for hydroxylation is 1. The van der Waals surface area contributed by atoms with Gasteiger partial charge in [0.2, 0.25) is 0 Å². The number of nitrogens with zero attached hydrogens (tertiary/aromatic N) is 2. The molecule has 1 aliphatic rings. The molecule has 88 valence electrons. The van der Waals surface area contributed by atoms with Crippen molar-refractivity contribution in [1.29, 1.82) is 0 Å². The fourth-order valence-corrected chi connectivity index (χ4v) is 2.25. The van der Waals surface area contributed by atoms with Crippen LogP contribution < -0.4 is 10.3 Å². The largest absolute Gasteiger partial charge is 0.711 e. The number of hydrogen-bond acceptors (Lipinski definition) is 3. The highest BCUT2D eigenvalue weighted by molar-refractivity contribution is 6.17. The lowest BCUT2D eigenvalue weighted by molar-refractivity contribution is -0.626. The second-order valence-electron chi connectivity index (χ2n) is 3.89. The smallest absolute Gasteiger partial charge is 0.340 e. The van der Waals surface area contributed by atoms with Gasteiger partial charge in [-0.15, -0.1) is 11.6 Å². The van der Waals surface area contributed by atoms with Crippen molar-refractivity contribution in [3.05, 3.63) is 33.1 Å². The predicted octanol–water partition coefficient (Wildman–Crippen LogP) is 0.0902. The van der Waals surface area contributed by atoms with Crippen LogP contribution >= 0.6 is 11.6 Å². The van der Waals surface area contributed by atoms with Crippen LogP contribution in [0.15, 0.2) is 11.0 Å². The molecule has 6 heteroatoms. The second-order valence-corrected chi connectivity index (χ2v) is 4.27. The van der Waals surface area contributed by atoms with E-state index in [0.717, 1.165) is 0 Å². The third-order valence-electron chi connectivity index (χ3n) is 2.82. The first-order chi connectivity index (χ1) is 7.65. The highest BCUT2D eigenvalue weighted by atomic mass is 35.5. The van der Waals surface area contributed by atoms with E-state index >= 15 is 0 Å². The van der Waals surface area contributed by atoms with Crippen molar-refractivity contribution in [3.8, 4) is 0 Å². The Balaban J connectivity index is 2.59. The normalized spacial score (nSPS) is 19.5. The maximum atomic E-state index is 11.9. The van der Waals surface area contributed by atoms with Gasteiger partial charge in [0.25, 0.3) is 5.82 Å². The van der Waals surface area contributed by atoms with E-state index in [-0.39, 0.29) is 11.4 Å². The summed E-state index contributed by atoms with van der Waals surface area (Å²) in [4.78, 5) is 11.9. The summed E-state index contributed by atoms with van der Waals surface area (Å²) in [5.41, 5.74) is 0.198. The van der Waals surface area contributed by atoms with Crippen LogP contribution in [0, 0.1) is 5.21 Å². The Morgan fingerprint density at radius 2 is 2.44 bits per heavy atom. The Hall–Kier alpha value is -1.07. The summed E-state index contributed by atoms with van der Waals surface area (Å²) in [5.74, 6) is 0.450. The number of halogens is 1. The molecule has 0 spiro atoms. The molecule has 16 heavy (non-hydrogen) atoms. The van der Waals surface area contributed by atoms with E-state index in [1.807, 2.05) is 0 Å². The van der Waals surface area contributed by atoms with E-state index in [1.54, 1.807) is 0 Å². The molecule has 1 unspecified atom stereocenters. The standard InChI is InChI=1S/C10H13ClN2O3/c11-4-3-7-6-13(16)9-8(14)2-1-5-12(9)10(7)15/h6,8,14H,1-5H2. The molecule has 0 aromatic carbocycles. The van der Waals surface area contributed by atoms with E-state index in [1.165, 1.54) is 10.8 Å². The molecule has 1 aliphatic heterocycles. The highest BCUT2D eigenvalue weighted by Gasteiger charge is 2.29. The molecule has 1 atom stereocenters. The van der Waals surface area contributed by atoms with Gasteiger partial charge in [-0.05, 0) is 19.3 Å².